The highest BCUT2D eigenvalue weighted by molar-refractivity contribution is 6.10. The van der Waals surface area contributed by atoms with Crippen molar-refractivity contribution in [2.24, 2.45) is 0 Å². The molecule has 0 unspecified atom stereocenters. The summed E-state index contributed by atoms with van der Waals surface area (Å²) in [5.74, 6) is 0. The molecule has 0 saturated heterocycles. The molecule has 232 valence electrons. The summed E-state index contributed by atoms with van der Waals surface area (Å²) in [4.78, 5) is 2.52. The number of allylic oxidation sites excluding steroid dienone is 4. The lowest BCUT2D eigenvalue weighted by atomic mass is 9.79. The third-order valence-corrected chi connectivity index (χ3v) is 10.8. The highest BCUT2D eigenvalue weighted by atomic mass is 15.1. The zero-order valence-electron chi connectivity index (χ0n) is 29.3. The van der Waals surface area contributed by atoms with Crippen LogP contribution < -0.4 is 4.90 Å². The van der Waals surface area contributed by atoms with Gasteiger partial charge in [-0.15, -0.1) is 0 Å². The maximum atomic E-state index is 2.55. The Labute approximate surface area is 276 Å². The molecule has 5 aromatic rings. The number of aryl methyl sites for hydroxylation is 4. The van der Waals surface area contributed by atoms with Crippen LogP contribution in [0.1, 0.15) is 92.5 Å². The molecule has 1 nitrogen and oxygen atoms in total. The maximum Gasteiger partial charge on any atom is 0.0543 e. The van der Waals surface area contributed by atoms with Gasteiger partial charge in [0.05, 0.1) is 5.69 Å². The topological polar surface area (TPSA) is 3.24 Å². The Kier molecular flexibility index (Phi) is 6.98. The van der Waals surface area contributed by atoms with E-state index >= 15 is 0 Å². The van der Waals surface area contributed by atoms with Gasteiger partial charge in [-0.25, -0.2) is 0 Å². The van der Waals surface area contributed by atoms with Crippen molar-refractivity contribution < 1.29 is 0 Å². The average Bonchev–Trinajstić information content (AvgIpc) is 3.36. The van der Waals surface area contributed by atoms with E-state index < -0.39 is 0 Å². The van der Waals surface area contributed by atoms with E-state index in [-0.39, 0.29) is 10.8 Å². The fraction of sp³-hybridized carbons (Fsp3) is 0.289. The summed E-state index contributed by atoms with van der Waals surface area (Å²) in [6.45, 7) is 23.0. The first kappa shape index (κ1) is 30.3. The van der Waals surface area contributed by atoms with Crippen LogP contribution in [0.3, 0.4) is 0 Å². The molecular formula is C45H47N. The molecule has 0 radical (unpaired) electrons. The fourth-order valence-electron chi connectivity index (χ4n) is 8.60. The number of anilines is 3. The zero-order chi connectivity index (χ0) is 32.7. The second-order valence-corrected chi connectivity index (χ2v) is 14.7. The number of rotatable bonds is 4. The molecule has 0 aromatic heterocycles. The molecule has 0 N–H and O–H groups in total. The zero-order valence-corrected chi connectivity index (χ0v) is 29.3. The number of fused-ring (bicyclic) bond motifs is 6. The number of hydrogen-bond donors (Lipinski definition) is 0. The van der Waals surface area contributed by atoms with Crippen molar-refractivity contribution in [3.8, 4) is 11.1 Å². The fourth-order valence-corrected chi connectivity index (χ4v) is 8.60. The van der Waals surface area contributed by atoms with Crippen molar-refractivity contribution in [1.29, 1.82) is 0 Å². The van der Waals surface area contributed by atoms with Crippen LogP contribution in [0.4, 0.5) is 17.1 Å². The molecule has 0 amide bonds. The van der Waals surface area contributed by atoms with E-state index in [1.165, 1.54) is 94.6 Å². The minimum absolute atomic E-state index is 0.0362. The molecule has 0 bridgehead atoms. The van der Waals surface area contributed by atoms with Crippen LogP contribution in [0.25, 0.3) is 27.5 Å². The van der Waals surface area contributed by atoms with Crippen LogP contribution in [0.2, 0.25) is 0 Å². The average molecular weight is 602 g/mol. The van der Waals surface area contributed by atoms with Crippen LogP contribution in [0.15, 0.2) is 96.6 Å². The lowest BCUT2D eigenvalue weighted by Crippen LogP contribution is -2.18. The van der Waals surface area contributed by atoms with Crippen molar-refractivity contribution in [3.63, 3.8) is 0 Å². The first-order valence-corrected chi connectivity index (χ1v) is 17.0. The molecule has 5 aromatic carbocycles. The molecule has 2 aliphatic rings. The van der Waals surface area contributed by atoms with Crippen LogP contribution >= 0.6 is 0 Å². The monoisotopic (exact) mass is 601 g/mol. The summed E-state index contributed by atoms with van der Waals surface area (Å²) in [6.07, 6.45) is 5.80. The second-order valence-electron chi connectivity index (χ2n) is 14.7. The number of benzene rings is 5. The van der Waals surface area contributed by atoms with E-state index in [9.17, 15) is 0 Å². The van der Waals surface area contributed by atoms with Gasteiger partial charge in [0.25, 0.3) is 0 Å². The molecule has 0 heterocycles. The molecule has 1 heteroatoms. The quantitative estimate of drug-likeness (QED) is 0.198. The van der Waals surface area contributed by atoms with Gasteiger partial charge < -0.3 is 4.90 Å². The van der Waals surface area contributed by atoms with Crippen LogP contribution in [0, 0.1) is 27.7 Å². The van der Waals surface area contributed by atoms with E-state index in [2.05, 4.69) is 165 Å². The third-order valence-electron chi connectivity index (χ3n) is 10.8. The van der Waals surface area contributed by atoms with E-state index in [1.54, 1.807) is 0 Å². The van der Waals surface area contributed by atoms with Gasteiger partial charge in [0.2, 0.25) is 0 Å². The van der Waals surface area contributed by atoms with Gasteiger partial charge in [-0.1, -0.05) is 106 Å². The molecule has 0 atom stereocenters. The molecule has 2 aliphatic carbocycles. The van der Waals surface area contributed by atoms with Crippen LogP contribution in [0.5, 0.6) is 0 Å². The number of hydrogen-bond acceptors (Lipinski definition) is 1. The van der Waals surface area contributed by atoms with Gasteiger partial charge in [-0.05, 0) is 132 Å². The lowest BCUT2D eigenvalue weighted by Gasteiger charge is -2.32. The summed E-state index contributed by atoms with van der Waals surface area (Å²) >= 11 is 0. The smallest absolute Gasteiger partial charge is 0.0543 e. The van der Waals surface area contributed by atoms with E-state index in [4.69, 9.17) is 0 Å². The van der Waals surface area contributed by atoms with Crippen molar-refractivity contribution in [2.45, 2.75) is 86.5 Å². The Bertz CT molecular complexity index is 2080. The van der Waals surface area contributed by atoms with E-state index in [0.29, 0.717) is 0 Å². The molecule has 0 saturated carbocycles. The molecular weight excluding hydrogens is 555 g/mol. The molecule has 0 fully saturated rings. The Morgan fingerprint density at radius 2 is 1.17 bits per heavy atom. The molecule has 46 heavy (non-hydrogen) atoms. The summed E-state index contributed by atoms with van der Waals surface area (Å²) < 4.78 is 0. The summed E-state index contributed by atoms with van der Waals surface area (Å²) in [6, 6.07) is 30.4. The first-order valence-electron chi connectivity index (χ1n) is 17.0. The minimum atomic E-state index is -0.158. The Morgan fingerprint density at radius 1 is 0.609 bits per heavy atom. The van der Waals surface area contributed by atoms with Crippen LogP contribution in [-0.4, -0.2) is 0 Å². The molecule has 0 aliphatic heterocycles. The normalized spacial score (nSPS) is 17.4. The predicted molar refractivity (Wildman–Crippen MR) is 200 cm³/mol. The summed E-state index contributed by atoms with van der Waals surface area (Å²) in [5.41, 5.74) is 20.0. The first-order chi connectivity index (χ1) is 21.9. The standard InChI is InChI=1S/C45H47N/c1-11-15-31-34-24-38-35(25-37(34)44(7,8)36(31)12-2)43-33-17-14-13-16-32(33)42(26-39(43)45(38,9)10)46(40-20-18-27(3)22-29(40)5)41-21-19-28(4)23-30(41)6/h12-26H,11H2,1-10H3/b31-15-,36-12?. The van der Waals surface area contributed by atoms with Crippen molar-refractivity contribution in [1.82, 2.24) is 0 Å². The van der Waals surface area contributed by atoms with E-state index in [1.807, 2.05) is 0 Å². The van der Waals surface area contributed by atoms with Crippen molar-refractivity contribution >= 4 is 33.4 Å². The van der Waals surface area contributed by atoms with Crippen molar-refractivity contribution in [3.05, 3.63) is 141 Å². The number of nitrogens with zero attached hydrogens (tertiary/aromatic N) is 1. The maximum absolute atomic E-state index is 2.55. The third kappa shape index (κ3) is 4.28. The lowest BCUT2D eigenvalue weighted by molar-refractivity contribution is 0.651. The summed E-state index contributed by atoms with van der Waals surface area (Å²) in [5, 5.41) is 2.61. The second kappa shape index (κ2) is 10.6. The van der Waals surface area contributed by atoms with E-state index in [0.717, 1.165) is 6.42 Å². The highest BCUT2D eigenvalue weighted by Gasteiger charge is 2.43. The predicted octanol–water partition coefficient (Wildman–Crippen LogP) is 12.9. The van der Waals surface area contributed by atoms with Gasteiger partial charge in [-0.2, -0.15) is 0 Å². The summed E-state index contributed by atoms with van der Waals surface area (Å²) in [7, 11) is 0. The van der Waals surface area contributed by atoms with Gasteiger partial charge in [0, 0.05) is 27.6 Å². The minimum Gasteiger partial charge on any atom is -0.309 e. The highest BCUT2D eigenvalue weighted by Crippen LogP contribution is 2.59. The van der Waals surface area contributed by atoms with Gasteiger partial charge >= 0.3 is 0 Å². The Hall–Kier alpha value is -4.36. The Morgan fingerprint density at radius 3 is 1.74 bits per heavy atom. The van der Waals surface area contributed by atoms with Crippen LogP contribution in [-0.2, 0) is 10.8 Å². The largest absolute Gasteiger partial charge is 0.309 e. The SMILES string of the molecule is CC=C1/C(=C\CC)c2cc3c(cc2C1(C)C)-c1c(cc(N(c2ccc(C)cc2C)c2ccc(C)cc2C)c2ccccc12)C3(C)C. The van der Waals surface area contributed by atoms with Gasteiger partial charge in [-0.3, -0.25) is 0 Å². The molecule has 7 rings (SSSR count). The van der Waals surface area contributed by atoms with Gasteiger partial charge in [0.15, 0.2) is 0 Å². The van der Waals surface area contributed by atoms with Gasteiger partial charge in [0.1, 0.15) is 0 Å². The molecule has 0 spiro atoms. The Balaban J connectivity index is 1.56. The van der Waals surface area contributed by atoms with Crippen molar-refractivity contribution in [2.75, 3.05) is 4.90 Å².